The Labute approximate surface area is 466 Å². The second-order valence-corrected chi connectivity index (χ2v) is 124. The fourth-order valence-electron chi connectivity index (χ4n) is 12.9. The molecular weight excluding hydrogens is 1130 g/mol. The summed E-state index contributed by atoms with van der Waals surface area (Å²) in [5.74, 6) is -1.43. The van der Waals surface area contributed by atoms with Gasteiger partial charge in [-0.3, -0.25) is 0 Å². The van der Waals surface area contributed by atoms with Crippen LogP contribution in [0.4, 0.5) is 0 Å². The molecule has 0 spiro atoms. The maximum absolute atomic E-state index is 15.0. The van der Waals surface area contributed by atoms with Crippen LogP contribution < -0.4 is 0 Å². The third-order valence-corrected chi connectivity index (χ3v) is 194. The Morgan fingerprint density at radius 1 is 0.444 bits per heavy atom. The van der Waals surface area contributed by atoms with E-state index < -0.39 is 111 Å². The summed E-state index contributed by atoms with van der Waals surface area (Å²) in [4.78, 5) is 30.1. The predicted molar refractivity (Wildman–Crippen MR) is 346 cm³/mol. The van der Waals surface area contributed by atoms with Crippen LogP contribution in [0.5, 0.6) is 0 Å². The Kier molecular flexibility index (Phi) is 24.2. The lowest BCUT2D eigenvalue weighted by molar-refractivity contribution is -0.217. The lowest BCUT2D eigenvalue weighted by atomic mass is 9.52. The summed E-state index contributed by atoms with van der Waals surface area (Å²) < 4.78 is 60.8. The zero-order valence-electron chi connectivity index (χ0n) is 52.5. The Morgan fingerprint density at radius 2 is 0.694 bits per heavy atom. The van der Waals surface area contributed by atoms with Gasteiger partial charge in [0.1, 0.15) is 27.4 Å². The first-order valence-electron chi connectivity index (χ1n) is 28.6. The number of carbonyl (C=O) groups is 2. The summed E-state index contributed by atoms with van der Waals surface area (Å²) in [6.07, 6.45) is 2.70. The van der Waals surface area contributed by atoms with Gasteiger partial charge in [0.15, 0.2) is 33.3 Å². The van der Waals surface area contributed by atoms with E-state index in [-0.39, 0.29) is 86.8 Å². The van der Waals surface area contributed by atoms with Crippen molar-refractivity contribution in [2.45, 2.75) is 237 Å². The molecule has 0 aromatic rings. The molecule has 0 bridgehead atoms. The molecule has 2 heterocycles. The van der Waals surface area contributed by atoms with Crippen molar-refractivity contribution in [3.63, 3.8) is 0 Å². The fourth-order valence-corrected chi connectivity index (χ4v) is 128. The topological polar surface area (TPSA) is 108 Å². The first kappa shape index (κ1) is 69.6. The normalized spacial score (nSPS) is 23.7. The molecule has 10 nitrogen and oxygen atoms in total. The number of esters is 2. The molecule has 0 saturated carbocycles. The van der Waals surface area contributed by atoms with Gasteiger partial charge >= 0.3 is 29.5 Å². The molecule has 2 rings (SSSR count). The van der Waals surface area contributed by atoms with Gasteiger partial charge in [-0.2, -0.15) is 0 Å². The molecule has 2 fully saturated rings. The molecule has 0 N–H and O–H groups in total. The zero-order chi connectivity index (χ0) is 56.5. The van der Waals surface area contributed by atoms with Crippen LogP contribution in [0.3, 0.4) is 0 Å². The minimum Gasteiger partial charge on any atom is -0.455 e. The van der Waals surface area contributed by atoms with Gasteiger partial charge in [0.05, 0.1) is 0 Å². The van der Waals surface area contributed by atoms with Crippen molar-refractivity contribution < 1.29 is 43.8 Å². The van der Waals surface area contributed by atoms with E-state index in [0.29, 0.717) is 0 Å². The Morgan fingerprint density at radius 3 is 0.861 bits per heavy atom. The molecule has 4 atom stereocenters. The van der Waals surface area contributed by atoms with Crippen molar-refractivity contribution in [1.29, 1.82) is 0 Å². The van der Waals surface area contributed by atoms with E-state index in [1.165, 1.54) is 12.2 Å². The van der Waals surface area contributed by atoms with E-state index in [9.17, 15) is 0 Å². The number of hydrogen-bond acceptors (Lipinski definition) is 10. The molecular formula is C48H116O10Si14. The SMILES string of the molecule is CC[Si](C)(C)O[Si](O[SiH]1[SiH2][SiH2][SiH2]1)(O[Si](C)(C)C)C(C)(C)C(C)(C(C)C)C(OC(=O)C=CC(=O)OC(C(C)C)(C(C)C)C(C)(C(C)C)C(C)(C)[Si](O[SiH]1[SiH2][SiH2][SiH2]1)(O[Si](C)(C)C)O[Si](C)(C)CC)(C(C)C)C(C)C. The minimum atomic E-state index is -3.50. The molecule has 424 valence electrons. The van der Waals surface area contributed by atoms with Crippen LogP contribution in [-0.2, 0) is 43.8 Å². The monoisotopic (exact) mass is 1240 g/mol. The molecule has 2 aliphatic rings. The number of ether oxygens (including phenoxy) is 2. The Bertz CT molecular complexity index is 1680. The minimum absolute atomic E-state index is 0.0364. The van der Waals surface area contributed by atoms with Crippen LogP contribution in [0, 0.1) is 46.3 Å². The predicted octanol–water partition coefficient (Wildman–Crippen LogP) is 7.85. The van der Waals surface area contributed by atoms with Gasteiger partial charge in [0, 0.05) is 67.3 Å². The highest BCUT2D eigenvalue weighted by atomic mass is 30.1. The molecule has 24 heteroatoms. The summed E-state index contributed by atoms with van der Waals surface area (Å²) in [6.45, 7) is 68.4. The van der Waals surface area contributed by atoms with Gasteiger partial charge in [-0.15, -0.1) is 0 Å². The highest BCUT2D eigenvalue weighted by molar-refractivity contribution is 7.80. The molecule has 4 unspecified atom stereocenters. The third kappa shape index (κ3) is 14.1. The lowest BCUT2D eigenvalue weighted by Crippen LogP contribution is -2.75. The number of hydrogen-bond donors (Lipinski definition) is 0. The molecule has 0 radical (unpaired) electrons. The maximum Gasteiger partial charge on any atom is 0.475 e. The first-order valence-corrected chi connectivity index (χ1v) is 75.1. The molecule has 0 aliphatic carbocycles. The summed E-state index contributed by atoms with van der Waals surface area (Å²) >= 11 is 0. The standard InChI is InChI=1S/C48H116O10Si14/c1-31-69(27,28)57-71(55-67(21,22)23,53-65-61-59-62-65)43(15,16)45(19,35(3)4)47(37(7)8,38(9)10)51-41(49)33-34-42(50)52-48(39(11)12,40(13)14)46(20,36(5)6)44(17,18)72(56-68(24,25)26,54-66-63-60-64-66)58-70(29,30)32-2/h33-40,65-66H,31-32,59-64H2,1-30H3. The van der Waals surface area contributed by atoms with Crippen molar-refractivity contribution in [2.75, 3.05) is 0 Å². The third-order valence-electron chi connectivity index (χ3n) is 18.5. The van der Waals surface area contributed by atoms with Crippen LogP contribution in [0.15, 0.2) is 12.2 Å². The van der Waals surface area contributed by atoms with E-state index >= 15 is 9.59 Å². The van der Waals surface area contributed by atoms with Crippen molar-refractivity contribution in [3.05, 3.63) is 12.2 Å². The molecule has 0 aromatic carbocycles. The summed E-state index contributed by atoms with van der Waals surface area (Å²) in [7, 11) is -18.5. The van der Waals surface area contributed by atoms with Crippen molar-refractivity contribution in [3.8, 4) is 0 Å². The highest BCUT2D eigenvalue weighted by Gasteiger charge is 2.76. The van der Waals surface area contributed by atoms with E-state index in [1.54, 1.807) is 0 Å². The summed E-state index contributed by atoms with van der Waals surface area (Å²) in [5, 5.41) is -1.29. The van der Waals surface area contributed by atoms with E-state index in [0.717, 1.165) is 12.1 Å². The van der Waals surface area contributed by atoms with Gasteiger partial charge in [-0.1, -0.05) is 138 Å². The number of rotatable bonds is 30. The van der Waals surface area contributed by atoms with Gasteiger partial charge in [-0.25, -0.2) is 9.59 Å². The van der Waals surface area contributed by atoms with Crippen LogP contribution in [-0.4, -0.2) is 141 Å². The van der Waals surface area contributed by atoms with Crippen molar-refractivity contribution in [2.24, 2.45) is 46.3 Å². The van der Waals surface area contributed by atoms with Gasteiger partial charge < -0.3 is 34.2 Å². The number of carbonyl (C=O) groups excluding carboxylic acids is 2. The fraction of sp³-hybridized carbons (Fsp3) is 0.917. The molecule has 72 heavy (non-hydrogen) atoms. The first-order chi connectivity index (χ1) is 32.3. The quantitative estimate of drug-likeness (QED) is 0.0401. The van der Waals surface area contributed by atoms with Crippen LogP contribution in [0.25, 0.3) is 0 Å². The second-order valence-electron chi connectivity index (χ2n) is 28.7. The largest absolute Gasteiger partial charge is 0.475 e. The van der Waals surface area contributed by atoms with E-state index in [4.69, 9.17) is 34.2 Å². The second kappa shape index (κ2) is 25.1. The Hall–Kier alpha value is 1.48. The Balaban J connectivity index is 2.98. The average molecular weight is 1250 g/mol. The molecule has 0 aromatic heterocycles. The van der Waals surface area contributed by atoms with Crippen molar-refractivity contribution >= 4 is 130 Å². The van der Waals surface area contributed by atoms with Crippen molar-refractivity contribution in [1.82, 2.24) is 0 Å². The zero-order valence-corrected chi connectivity index (χ0v) is 69.3. The highest BCUT2D eigenvalue weighted by Crippen LogP contribution is 2.69. The van der Waals surface area contributed by atoms with E-state index in [2.05, 4.69) is 204 Å². The summed E-state index contributed by atoms with van der Waals surface area (Å²) in [6, 6.07) is 1.92. The van der Waals surface area contributed by atoms with E-state index in [1.807, 2.05) is 0 Å². The van der Waals surface area contributed by atoms with Gasteiger partial charge in [0.25, 0.3) is 0 Å². The molecule has 2 aliphatic heterocycles. The van der Waals surface area contributed by atoms with Crippen LogP contribution in [0.1, 0.15) is 138 Å². The smallest absolute Gasteiger partial charge is 0.455 e. The maximum atomic E-state index is 15.0. The molecule has 2 saturated heterocycles. The van der Waals surface area contributed by atoms with Crippen LogP contribution in [0.2, 0.25) is 87.6 Å². The lowest BCUT2D eigenvalue weighted by Gasteiger charge is -2.65. The summed E-state index contributed by atoms with van der Waals surface area (Å²) in [5.41, 5.74) is -3.39. The molecule has 0 amide bonds. The van der Waals surface area contributed by atoms with Gasteiger partial charge in [-0.05, 0) is 130 Å². The van der Waals surface area contributed by atoms with Gasteiger partial charge in [0.2, 0.25) is 0 Å². The van der Waals surface area contributed by atoms with Crippen LogP contribution >= 0.6 is 0 Å². The average Bonchev–Trinajstić information content (AvgIpc) is 3.17.